The smallest absolute Gasteiger partial charge is 0.223 e. The molecule has 1 aromatic carbocycles. The highest BCUT2D eigenvalue weighted by Gasteiger charge is 2.31. The van der Waals surface area contributed by atoms with E-state index in [4.69, 9.17) is 19.7 Å². The van der Waals surface area contributed by atoms with Crippen LogP contribution in [0.25, 0.3) is 10.4 Å². The highest BCUT2D eigenvalue weighted by Crippen LogP contribution is 2.36. The number of ether oxygens (including phenoxy) is 3. The second-order valence-electron chi connectivity index (χ2n) is 6.21. The molecule has 2 heterocycles. The summed E-state index contributed by atoms with van der Waals surface area (Å²) in [6.07, 6.45) is 1.35. The van der Waals surface area contributed by atoms with Gasteiger partial charge in [0.25, 0.3) is 0 Å². The third-order valence-electron chi connectivity index (χ3n) is 4.59. The standard InChI is InChI=1S/C17H22N4O4/c1-23-15-3-2-12(8-16(15)25-14-4-7-24-11-14)13-9-17(22)21(10-13)6-5-19-20-18/h2-3,8,13-14H,4-7,9-11H2,1H3/t13-,14-/m1/s1. The van der Waals surface area contributed by atoms with Gasteiger partial charge in [0.1, 0.15) is 6.10 Å². The summed E-state index contributed by atoms with van der Waals surface area (Å²) < 4.78 is 16.8. The van der Waals surface area contributed by atoms with Gasteiger partial charge >= 0.3 is 0 Å². The number of amides is 1. The van der Waals surface area contributed by atoms with Crippen molar-refractivity contribution in [2.75, 3.05) is 40.0 Å². The molecule has 0 unspecified atom stereocenters. The van der Waals surface area contributed by atoms with E-state index in [9.17, 15) is 4.79 Å². The molecule has 8 nitrogen and oxygen atoms in total. The monoisotopic (exact) mass is 346 g/mol. The number of carbonyl (C=O) groups is 1. The molecule has 0 saturated carbocycles. The molecule has 1 amide bonds. The predicted molar refractivity (Wildman–Crippen MR) is 90.8 cm³/mol. The number of nitrogens with zero attached hydrogens (tertiary/aromatic N) is 4. The molecule has 134 valence electrons. The summed E-state index contributed by atoms with van der Waals surface area (Å²) in [7, 11) is 1.61. The second kappa shape index (κ2) is 8.09. The number of rotatable bonds is 7. The van der Waals surface area contributed by atoms with Crippen LogP contribution >= 0.6 is 0 Å². The third-order valence-corrected chi connectivity index (χ3v) is 4.59. The first-order valence-electron chi connectivity index (χ1n) is 8.42. The average Bonchev–Trinajstić information content (AvgIpc) is 3.25. The van der Waals surface area contributed by atoms with Crippen molar-refractivity contribution in [2.45, 2.75) is 24.9 Å². The molecular weight excluding hydrogens is 324 g/mol. The van der Waals surface area contributed by atoms with Crippen LogP contribution in [0.3, 0.4) is 0 Å². The van der Waals surface area contributed by atoms with Crippen LogP contribution in [0.2, 0.25) is 0 Å². The van der Waals surface area contributed by atoms with Crippen molar-refractivity contribution in [3.8, 4) is 11.5 Å². The SMILES string of the molecule is COc1ccc([C@@H]2CC(=O)N(CCN=[N+]=[N-])C2)cc1O[C@@H]1CCOC1. The number of hydrogen-bond acceptors (Lipinski definition) is 5. The van der Waals surface area contributed by atoms with Crippen LogP contribution in [0.15, 0.2) is 23.3 Å². The van der Waals surface area contributed by atoms with Crippen LogP contribution in [0.5, 0.6) is 11.5 Å². The Bertz CT molecular complexity index is 669. The third kappa shape index (κ3) is 4.15. The van der Waals surface area contributed by atoms with E-state index < -0.39 is 0 Å². The van der Waals surface area contributed by atoms with E-state index in [-0.39, 0.29) is 17.9 Å². The van der Waals surface area contributed by atoms with Crippen molar-refractivity contribution < 1.29 is 19.0 Å². The highest BCUT2D eigenvalue weighted by molar-refractivity contribution is 5.79. The zero-order valence-electron chi connectivity index (χ0n) is 14.3. The molecule has 2 saturated heterocycles. The topological polar surface area (TPSA) is 96.8 Å². The van der Waals surface area contributed by atoms with Crippen molar-refractivity contribution in [3.05, 3.63) is 34.2 Å². The van der Waals surface area contributed by atoms with Crippen molar-refractivity contribution in [3.63, 3.8) is 0 Å². The maximum Gasteiger partial charge on any atom is 0.223 e. The van der Waals surface area contributed by atoms with Crippen molar-refractivity contribution in [1.82, 2.24) is 4.90 Å². The van der Waals surface area contributed by atoms with Crippen LogP contribution in [-0.4, -0.2) is 56.9 Å². The molecule has 2 fully saturated rings. The highest BCUT2D eigenvalue weighted by atomic mass is 16.6. The molecule has 0 aliphatic carbocycles. The van der Waals surface area contributed by atoms with E-state index in [1.54, 1.807) is 12.0 Å². The first-order valence-corrected chi connectivity index (χ1v) is 8.42. The van der Waals surface area contributed by atoms with Gasteiger partial charge in [0.15, 0.2) is 11.5 Å². The summed E-state index contributed by atoms with van der Waals surface area (Å²) in [6.45, 7) is 2.68. The molecule has 2 atom stereocenters. The van der Waals surface area contributed by atoms with Crippen LogP contribution < -0.4 is 9.47 Å². The second-order valence-corrected chi connectivity index (χ2v) is 6.21. The molecule has 0 N–H and O–H groups in total. The Morgan fingerprint density at radius 2 is 2.32 bits per heavy atom. The summed E-state index contributed by atoms with van der Waals surface area (Å²) in [4.78, 5) is 16.6. The molecule has 3 rings (SSSR count). The van der Waals surface area contributed by atoms with Gasteiger partial charge in [0.2, 0.25) is 5.91 Å². The van der Waals surface area contributed by atoms with E-state index in [1.807, 2.05) is 18.2 Å². The first kappa shape index (κ1) is 17.4. The number of methoxy groups -OCH3 is 1. The Morgan fingerprint density at radius 1 is 1.44 bits per heavy atom. The number of hydrogen-bond donors (Lipinski definition) is 0. The fourth-order valence-electron chi connectivity index (χ4n) is 3.25. The van der Waals surface area contributed by atoms with E-state index in [2.05, 4.69) is 10.0 Å². The number of likely N-dealkylation sites (tertiary alicyclic amines) is 1. The summed E-state index contributed by atoms with van der Waals surface area (Å²) in [6, 6.07) is 5.82. The van der Waals surface area contributed by atoms with E-state index in [1.165, 1.54) is 0 Å². The van der Waals surface area contributed by atoms with Crippen molar-refractivity contribution >= 4 is 5.91 Å². The molecule has 0 bridgehead atoms. The van der Waals surface area contributed by atoms with E-state index >= 15 is 0 Å². The molecule has 0 aromatic heterocycles. The molecule has 8 heteroatoms. The lowest BCUT2D eigenvalue weighted by Gasteiger charge is -2.18. The molecule has 0 spiro atoms. The minimum absolute atomic E-state index is 0.0368. The Morgan fingerprint density at radius 3 is 3.04 bits per heavy atom. The minimum atomic E-state index is 0.0368. The van der Waals surface area contributed by atoms with Crippen LogP contribution in [0, 0.1) is 0 Å². The molecule has 0 radical (unpaired) electrons. The quantitative estimate of drug-likeness (QED) is 0.430. The van der Waals surface area contributed by atoms with Gasteiger partial charge in [0.05, 0.1) is 20.3 Å². The van der Waals surface area contributed by atoms with E-state index in [0.717, 1.165) is 12.0 Å². The molecule has 2 aliphatic rings. The van der Waals surface area contributed by atoms with Gasteiger partial charge < -0.3 is 19.1 Å². The van der Waals surface area contributed by atoms with Gasteiger partial charge in [-0.2, -0.15) is 0 Å². The fraction of sp³-hybridized carbons (Fsp3) is 0.588. The van der Waals surface area contributed by atoms with Crippen molar-refractivity contribution in [2.24, 2.45) is 5.11 Å². The molecule has 1 aromatic rings. The maximum atomic E-state index is 12.2. The number of carbonyl (C=O) groups excluding carboxylic acids is 1. The fourth-order valence-corrected chi connectivity index (χ4v) is 3.25. The Kier molecular flexibility index (Phi) is 5.63. The first-order chi connectivity index (χ1) is 12.2. The number of azide groups is 1. The molecule has 2 aliphatic heterocycles. The minimum Gasteiger partial charge on any atom is -0.493 e. The van der Waals surface area contributed by atoms with Crippen LogP contribution in [0.4, 0.5) is 0 Å². The largest absolute Gasteiger partial charge is 0.493 e. The summed E-state index contributed by atoms with van der Waals surface area (Å²) in [5.74, 6) is 1.56. The summed E-state index contributed by atoms with van der Waals surface area (Å²) >= 11 is 0. The Balaban J connectivity index is 1.71. The van der Waals surface area contributed by atoms with Gasteiger partial charge in [-0.25, -0.2) is 0 Å². The zero-order chi connectivity index (χ0) is 17.6. The van der Waals surface area contributed by atoms with Gasteiger partial charge in [-0.3, -0.25) is 4.79 Å². The van der Waals surface area contributed by atoms with E-state index in [0.29, 0.717) is 50.8 Å². The lowest BCUT2D eigenvalue weighted by molar-refractivity contribution is -0.127. The van der Waals surface area contributed by atoms with Crippen LogP contribution in [-0.2, 0) is 9.53 Å². The average molecular weight is 346 g/mol. The van der Waals surface area contributed by atoms with Gasteiger partial charge in [-0.1, -0.05) is 11.2 Å². The molecule has 25 heavy (non-hydrogen) atoms. The lowest BCUT2D eigenvalue weighted by Crippen LogP contribution is -2.27. The number of benzene rings is 1. The zero-order valence-corrected chi connectivity index (χ0v) is 14.3. The Hall–Kier alpha value is -2.44. The molecular formula is C17H22N4O4. The lowest BCUT2D eigenvalue weighted by atomic mass is 9.98. The summed E-state index contributed by atoms with van der Waals surface area (Å²) in [5, 5.41) is 3.50. The summed E-state index contributed by atoms with van der Waals surface area (Å²) in [5.41, 5.74) is 9.40. The normalized spacial score (nSPS) is 22.8. The van der Waals surface area contributed by atoms with Gasteiger partial charge in [-0.05, 0) is 23.2 Å². The van der Waals surface area contributed by atoms with Gasteiger partial charge in [-0.15, -0.1) is 0 Å². The Labute approximate surface area is 146 Å². The predicted octanol–water partition coefficient (Wildman–Crippen LogP) is 2.49. The maximum absolute atomic E-state index is 12.2. The van der Waals surface area contributed by atoms with Crippen LogP contribution in [0.1, 0.15) is 24.3 Å². The van der Waals surface area contributed by atoms with Crippen molar-refractivity contribution in [1.29, 1.82) is 0 Å². The van der Waals surface area contributed by atoms with Gasteiger partial charge in [0, 0.05) is 43.3 Å².